The summed E-state index contributed by atoms with van der Waals surface area (Å²) in [6, 6.07) is 13.8. The van der Waals surface area contributed by atoms with Gasteiger partial charge in [0, 0.05) is 28.5 Å². The van der Waals surface area contributed by atoms with E-state index in [0.717, 1.165) is 9.86 Å². The molecule has 0 aliphatic heterocycles. The minimum atomic E-state index is -0.435. The lowest BCUT2D eigenvalue weighted by Crippen LogP contribution is -2.13. The maximum Gasteiger partial charge on any atom is 0.308 e. The van der Waals surface area contributed by atoms with Crippen LogP contribution in [0.25, 0.3) is 10.9 Å². The van der Waals surface area contributed by atoms with Crippen LogP contribution in [0.1, 0.15) is 17.3 Å². The summed E-state index contributed by atoms with van der Waals surface area (Å²) >= 11 is 3.47. The number of pyridine rings is 1. The topological polar surface area (TPSA) is 68.3 Å². The number of hydrogen-bond donors (Lipinski definition) is 1. The molecule has 1 aromatic heterocycles. The first-order chi connectivity index (χ1) is 11.5. The fraction of sp³-hybridized carbons (Fsp3) is 0.0556. The molecule has 24 heavy (non-hydrogen) atoms. The zero-order valence-corrected chi connectivity index (χ0v) is 14.3. The Bertz CT molecular complexity index is 940. The van der Waals surface area contributed by atoms with Gasteiger partial charge in [-0.25, -0.2) is 0 Å². The number of rotatable bonds is 3. The normalized spacial score (nSPS) is 10.4. The van der Waals surface area contributed by atoms with Crippen molar-refractivity contribution in [2.45, 2.75) is 6.92 Å². The molecule has 3 aromatic rings. The predicted octanol–water partition coefficient (Wildman–Crippen LogP) is 4.17. The van der Waals surface area contributed by atoms with E-state index in [1.807, 2.05) is 18.2 Å². The molecule has 0 atom stereocenters. The Morgan fingerprint density at radius 3 is 2.75 bits per heavy atom. The molecule has 3 rings (SSSR count). The molecular formula is C18H13BrN2O3. The molecule has 2 aromatic carbocycles. The second-order valence-electron chi connectivity index (χ2n) is 5.07. The number of halogens is 1. The standard InChI is InChI=1S/C18H13BrN2O3/c1-11(22)24-13-5-2-4-12(10-13)18(23)21-16-8-7-15(19)14-6-3-9-20-17(14)16/h2-10H,1H3,(H,21,23). The number of amides is 1. The number of carbonyl (C=O) groups excluding carboxylic acids is 2. The Kier molecular flexibility index (Phi) is 4.57. The largest absolute Gasteiger partial charge is 0.427 e. The van der Waals surface area contributed by atoms with Crippen molar-refractivity contribution in [3.63, 3.8) is 0 Å². The van der Waals surface area contributed by atoms with Crippen molar-refractivity contribution in [3.05, 3.63) is 64.8 Å². The summed E-state index contributed by atoms with van der Waals surface area (Å²) in [4.78, 5) is 27.8. The highest BCUT2D eigenvalue weighted by molar-refractivity contribution is 9.10. The fourth-order valence-electron chi connectivity index (χ4n) is 2.30. The lowest BCUT2D eigenvalue weighted by Gasteiger charge is -2.10. The molecule has 1 heterocycles. The highest BCUT2D eigenvalue weighted by atomic mass is 79.9. The van der Waals surface area contributed by atoms with Crippen LogP contribution in [0.15, 0.2) is 59.2 Å². The Morgan fingerprint density at radius 2 is 1.96 bits per heavy atom. The van der Waals surface area contributed by atoms with Crippen LogP contribution in [0.5, 0.6) is 5.75 Å². The molecule has 0 spiro atoms. The van der Waals surface area contributed by atoms with Crippen LogP contribution < -0.4 is 10.1 Å². The SMILES string of the molecule is CC(=O)Oc1cccc(C(=O)Nc2ccc(Br)c3cccnc23)c1. The third-order valence-corrected chi connectivity index (χ3v) is 4.01. The van der Waals surface area contributed by atoms with E-state index in [-0.39, 0.29) is 5.91 Å². The summed E-state index contributed by atoms with van der Waals surface area (Å²) in [6.07, 6.45) is 1.67. The van der Waals surface area contributed by atoms with Gasteiger partial charge >= 0.3 is 5.97 Å². The molecule has 120 valence electrons. The molecule has 0 unspecified atom stereocenters. The summed E-state index contributed by atoms with van der Waals surface area (Å²) in [5, 5.41) is 3.75. The van der Waals surface area contributed by atoms with Crippen LogP contribution in [0.3, 0.4) is 0 Å². The molecular weight excluding hydrogens is 372 g/mol. The predicted molar refractivity (Wildman–Crippen MR) is 95.1 cm³/mol. The molecule has 0 radical (unpaired) electrons. The summed E-state index contributed by atoms with van der Waals surface area (Å²) < 4.78 is 5.91. The first-order valence-corrected chi connectivity index (χ1v) is 7.97. The van der Waals surface area contributed by atoms with E-state index in [9.17, 15) is 9.59 Å². The summed E-state index contributed by atoms with van der Waals surface area (Å²) in [7, 11) is 0. The second kappa shape index (κ2) is 6.80. The number of nitrogens with zero attached hydrogens (tertiary/aromatic N) is 1. The molecule has 1 amide bonds. The van der Waals surface area contributed by atoms with E-state index in [2.05, 4.69) is 26.2 Å². The molecule has 6 heteroatoms. The van der Waals surface area contributed by atoms with Crippen molar-refractivity contribution in [3.8, 4) is 5.75 Å². The molecule has 5 nitrogen and oxygen atoms in total. The van der Waals surface area contributed by atoms with E-state index in [1.54, 1.807) is 30.5 Å². The molecule has 0 aliphatic rings. The lowest BCUT2D eigenvalue weighted by atomic mass is 10.1. The number of carbonyl (C=O) groups is 2. The molecule has 0 aliphatic carbocycles. The summed E-state index contributed by atoms with van der Waals surface area (Å²) in [5.74, 6) is -0.414. The van der Waals surface area contributed by atoms with Crippen molar-refractivity contribution in [1.82, 2.24) is 4.98 Å². The number of anilines is 1. The van der Waals surface area contributed by atoms with E-state index in [4.69, 9.17) is 4.74 Å². The number of nitrogens with one attached hydrogen (secondary N) is 1. The summed E-state index contributed by atoms with van der Waals surface area (Å²) in [5.41, 5.74) is 1.69. The van der Waals surface area contributed by atoms with E-state index in [0.29, 0.717) is 22.5 Å². The second-order valence-corrected chi connectivity index (χ2v) is 5.92. The third kappa shape index (κ3) is 3.44. The zero-order valence-electron chi connectivity index (χ0n) is 12.7. The van der Waals surface area contributed by atoms with Gasteiger partial charge in [-0.1, -0.05) is 28.1 Å². The quantitative estimate of drug-likeness (QED) is 0.543. The van der Waals surface area contributed by atoms with Crippen LogP contribution in [0.2, 0.25) is 0 Å². The van der Waals surface area contributed by atoms with Gasteiger partial charge in [-0.3, -0.25) is 14.6 Å². The maximum atomic E-state index is 12.5. The van der Waals surface area contributed by atoms with Gasteiger partial charge in [0.2, 0.25) is 0 Å². The first-order valence-electron chi connectivity index (χ1n) is 7.17. The monoisotopic (exact) mass is 384 g/mol. The van der Waals surface area contributed by atoms with Gasteiger partial charge in [-0.2, -0.15) is 0 Å². The van der Waals surface area contributed by atoms with Crippen LogP contribution in [0.4, 0.5) is 5.69 Å². The molecule has 1 N–H and O–H groups in total. The Labute approximate surface area is 146 Å². The van der Waals surface area contributed by atoms with Crippen molar-refractivity contribution in [2.75, 3.05) is 5.32 Å². The minimum Gasteiger partial charge on any atom is -0.427 e. The lowest BCUT2D eigenvalue weighted by molar-refractivity contribution is -0.131. The number of aromatic nitrogens is 1. The average Bonchev–Trinajstić information content (AvgIpc) is 2.57. The van der Waals surface area contributed by atoms with Gasteiger partial charge in [-0.15, -0.1) is 0 Å². The number of esters is 1. The number of benzene rings is 2. The van der Waals surface area contributed by atoms with Gasteiger partial charge < -0.3 is 10.1 Å². The molecule has 0 bridgehead atoms. The highest BCUT2D eigenvalue weighted by Gasteiger charge is 2.11. The fourth-order valence-corrected chi connectivity index (χ4v) is 2.75. The van der Waals surface area contributed by atoms with Gasteiger partial charge in [-0.05, 0) is 36.4 Å². The van der Waals surface area contributed by atoms with Gasteiger partial charge in [0.25, 0.3) is 5.91 Å². The Balaban J connectivity index is 1.91. The number of ether oxygens (including phenoxy) is 1. The van der Waals surface area contributed by atoms with Crippen LogP contribution in [0, 0.1) is 0 Å². The van der Waals surface area contributed by atoms with E-state index < -0.39 is 5.97 Å². The minimum absolute atomic E-state index is 0.307. The van der Waals surface area contributed by atoms with Crippen molar-refractivity contribution < 1.29 is 14.3 Å². The Morgan fingerprint density at radius 1 is 1.12 bits per heavy atom. The smallest absolute Gasteiger partial charge is 0.308 e. The Hall–Kier alpha value is -2.73. The first kappa shape index (κ1) is 16.1. The average molecular weight is 385 g/mol. The van der Waals surface area contributed by atoms with Gasteiger partial charge in [0.1, 0.15) is 5.75 Å². The van der Waals surface area contributed by atoms with Crippen LogP contribution in [-0.2, 0) is 4.79 Å². The molecule has 0 saturated heterocycles. The van der Waals surface area contributed by atoms with Crippen LogP contribution >= 0.6 is 15.9 Å². The summed E-state index contributed by atoms with van der Waals surface area (Å²) in [6.45, 7) is 1.31. The number of fused-ring (bicyclic) bond motifs is 1. The van der Waals surface area contributed by atoms with Crippen LogP contribution in [-0.4, -0.2) is 16.9 Å². The third-order valence-electron chi connectivity index (χ3n) is 3.32. The van der Waals surface area contributed by atoms with Gasteiger partial charge in [0.05, 0.1) is 11.2 Å². The molecule has 0 fully saturated rings. The van der Waals surface area contributed by atoms with Crippen molar-refractivity contribution in [2.24, 2.45) is 0 Å². The van der Waals surface area contributed by atoms with Crippen molar-refractivity contribution >= 4 is 44.4 Å². The van der Waals surface area contributed by atoms with Crippen molar-refractivity contribution in [1.29, 1.82) is 0 Å². The molecule has 0 saturated carbocycles. The van der Waals surface area contributed by atoms with Gasteiger partial charge in [0.15, 0.2) is 0 Å². The zero-order chi connectivity index (χ0) is 17.1. The highest BCUT2D eigenvalue weighted by Crippen LogP contribution is 2.28. The van der Waals surface area contributed by atoms with E-state index >= 15 is 0 Å². The van der Waals surface area contributed by atoms with E-state index in [1.165, 1.54) is 13.0 Å². The number of hydrogen-bond acceptors (Lipinski definition) is 4. The maximum absolute atomic E-state index is 12.5.